The van der Waals surface area contributed by atoms with Crippen LogP contribution in [0.5, 0.6) is 5.75 Å². The number of aryl methyl sites for hydroxylation is 1. The van der Waals surface area contributed by atoms with E-state index < -0.39 is 0 Å². The maximum Gasteiger partial charge on any atom is 0.140 e. The number of nitrogens with one attached hydrogen (secondary N) is 2. The number of para-hydroxylation sites is 1. The van der Waals surface area contributed by atoms with Crippen LogP contribution in [0.15, 0.2) is 30.3 Å². The predicted molar refractivity (Wildman–Crippen MR) is 71.6 cm³/mol. The van der Waals surface area contributed by atoms with Crippen molar-refractivity contribution in [3.05, 3.63) is 47.3 Å². The van der Waals surface area contributed by atoms with Crippen molar-refractivity contribution in [3.8, 4) is 5.75 Å². The van der Waals surface area contributed by atoms with E-state index in [4.69, 9.17) is 4.74 Å². The van der Waals surface area contributed by atoms with Crippen LogP contribution in [-0.4, -0.2) is 17.2 Å². The number of aromatic amines is 1. The second-order valence-electron chi connectivity index (χ2n) is 4.32. The Labute approximate surface area is 107 Å². The van der Waals surface area contributed by atoms with Crippen LogP contribution in [0.1, 0.15) is 30.0 Å². The zero-order valence-corrected chi connectivity index (χ0v) is 11.0. The third-order valence-electron chi connectivity index (χ3n) is 2.90. The van der Waals surface area contributed by atoms with Crippen molar-refractivity contribution >= 4 is 0 Å². The highest BCUT2D eigenvalue weighted by molar-refractivity contribution is 5.28. The molecule has 0 aliphatic rings. The van der Waals surface area contributed by atoms with Crippen molar-refractivity contribution < 1.29 is 4.74 Å². The van der Waals surface area contributed by atoms with Crippen LogP contribution >= 0.6 is 0 Å². The van der Waals surface area contributed by atoms with E-state index in [9.17, 15) is 0 Å². The average molecular weight is 245 g/mol. The Hall–Kier alpha value is -1.81. The minimum absolute atomic E-state index is 0.0688. The molecule has 4 heteroatoms. The Bertz CT molecular complexity index is 493. The number of hydrogen-bond acceptors (Lipinski definition) is 3. The Balaban J connectivity index is 2.16. The van der Waals surface area contributed by atoms with E-state index in [1.165, 1.54) is 5.56 Å². The molecule has 0 fully saturated rings. The molecular weight excluding hydrogens is 226 g/mol. The standard InChI is InChI=1S/C14H19N3O/c1-10-13(9-15-3)14(17-16-10)11(2)18-12-7-5-4-6-8-12/h4-8,11,15H,9H2,1-3H3,(H,16,17). The summed E-state index contributed by atoms with van der Waals surface area (Å²) in [7, 11) is 1.93. The van der Waals surface area contributed by atoms with Gasteiger partial charge in [-0.25, -0.2) is 0 Å². The van der Waals surface area contributed by atoms with Crippen molar-refractivity contribution in [3.63, 3.8) is 0 Å². The van der Waals surface area contributed by atoms with E-state index in [1.54, 1.807) is 0 Å². The lowest BCUT2D eigenvalue weighted by atomic mass is 10.1. The lowest BCUT2D eigenvalue weighted by Gasteiger charge is -2.14. The summed E-state index contributed by atoms with van der Waals surface area (Å²) in [5, 5.41) is 10.5. The first-order valence-electron chi connectivity index (χ1n) is 6.12. The Morgan fingerprint density at radius 1 is 1.33 bits per heavy atom. The molecule has 2 N–H and O–H groups in total. The fraction of sp³-hybridized carbons (Fsp3) is 0.357. The summed E-state index contributed by atoms with van der Waals surface area (Å²) < 4.78 is 5.89. The van der Waals surface area contributed by atoms with Gasteiger partial charge in [-0.15, -0.1) is 0 Å². The van der Waals surface area contributed by atoms with E-state index >= 15 is 0 Å². The highest BCUT2D eigenvalue weighted by Gasteiger charge is 2.17. The van der Waals surface area contributed by atoms with Gasteiger partial charge < -0.3 is 10.1 Å². The van der Waals surface area contributed by atoms with E-state index in [0.717, 1.165) is 23.7 Å². The molecule has 0 saturated heterocycles. The number of rotatable bonds is 5. The average Bonchev–Trinajstić information content (AvgIpc) is 2.73. The molecule has 96 valence electrons. The van der Waals surface area contributed by atoms with Crippen molar-refractivity contribution in [2.75, 3.05) is 7.05 Å². The van der Waals surface area contributed by atoms with E-state index in [-0.39, 0.29) is 6.10 Å². The highest BCUT2D eigenvalue weighted by Crippen LogP contribution is 2.23. The zero-order valence-electron chi connectivity index (χ0n) is 11.0. The van der Waals surface area contributed by atoms with E-state index in [2.05, 4.69) is 15.5 Å². The summed E-state index contributed by atoms with van der Waals surface area (Å²) in [6.45, 7) is 4.83. The summed E-state index contributed by atoms with van der Waals surface area (Å²) in [6, 6.07) is 9.81. The summed E-state index contributed by atoms with van der Waals surface area (Å²) in [4.78, 5) is 0. The summed E-state index contributed by atoms with van der Waals surface area (Å²) >= 11 is 0. The van der Waals surface area contributed by atoms with Gasteiger partial charge in [-0.2, -0.15) is 5.10 Å². The molecule has 2 aromatic rings. The molecule has 0 saturated carbocycles. The molecule has 0 aliphatic heterocycles. The monoisotopic (exact) mass is 245 g/mol. The zero-order chi connectivity index (χ0) is 13.0. The highest BCUT2D eigenvalue weighted by atomic mass is 16.5. The van der Waals surface area contributed by atoms with Gasteiger partial charge in [0.25, 0.3) is 0 Å². The first kappa shape index (κ1) is 12.6. The molecule has 1 aromatic carbocycles. The van der Waals surface area contributed by atoms with Crippen LogP contribution in [0.2, 0.25) is 0 Å². The molecule has 0 aliphatic carbocycles. The fourth-order valence-corrected chi connectivity index (χ4v) is 1.97. The largest absolute Gasteiger partial charge is 0.484 e. The SMILES string of the molecule is CNCc1c(C(C)Oc2ccccc2)n[nH]c1C. The molecule has 4 nitrogen and oxygen atoms in total. The number of ether oxygens (including phenoxy) is 1. The Morgan fingerprint density at radius 2 is 2.06 bits per heavy atom. The minimum atomic E-state index is -0.0688. The topological polar surface area (TPSA) is 49.9 Å². The van der Waals surface area contributed by atoms with Gasteiger partial charge in [-0.1, -0.05) is 18.2 Å². The molecule has 0 bridgehead atoms. The minimum Gasteiger partial charge on any atom is -0.484 e. The van der Waals surface area contributed by atoms with Gasteiger partial charge >= 0.3 is 0 Å². The normalized spacial score (nSPS) is 12.4. The molecule has 1 unspecified atom stereocenters. The Morgan fingerprint density at radius 3 is 2.72 bits per heavy atom. The van der Waals surface area contributed by atoms with E-state index in [0.29, 0.717) is 0 Å². The van der Waals surface area contributed by atoms with Gasteiger partial charge in [-0.05, 0) is 33.0 Å². The number of hydrogen-bond donors (Lipinski definition) is 2. The van der Waals surface area contributed by atoms with Crippen molar-refractivity contribution in [2.24, 2.45) is 0 Å². The smallest absolute Gasteiger partial charge is 0.140 e. The first-order chi connectivity index (χ1) is 8.72. The van der Waals surface area contributed by atoms with Crippen LogP contribution < -0.4 is 10.1 Å². The van der Waals surface area contributed by atoms with Gasteiger partial charge in [-0.3, -0.25) is 5.10 Å². The predicted octanol–water partition coefficient (Wildman–Crippen LogP) is 2.58. The first-order valence-corrected chi connectivity index (χ1v) is 6.12. The number of aromatic nitrogens is 2. The van der Waals surface area contributed by atoms with E-state index in [1.807, 2.05) is 51.2 Å². The maximum atomic E-state index is 5.89. The van der Waals surface area contributed by atoms with Crippen LogP contribution in [0.4, 0.5) is 0 Å². The molecule has 0 spiro atoms. The summed E-state index contributed by atoms with van der Waals surface area (Å²) in [5.41, 5.74) is 3.23. The van der Waals surface area contributed by atoms with Crippen LogP contribution in [0.25, 0.3) is 0 Å². The quantitative estimate of drug-likeness (QED) is 0.851. The summed E-state index contributed by atoms with van der Waals surface area (Å²) in [6.07, 6.45) is -0.0688. The van der Waals surface area contributed by atoms with Crippen LogP contribution in [0.3, 0.4) is 0 Å². The van der Waals surface area contributed by atoms with Crippen LogP contribution in [0, 0.1) is 6.92 Å². The fourth-order valence-electron chi connectivity index (χ4n) is 1.97. The summed E-state index contributed by atoms with van der Waals surface area (Å²) in [5.74, 6) is 0.862. The van der Waals surface area contributed by atoms with Crippen molar-refractivity contribution in [1.29, 1.82) is 0 Å². The third-order valence-corrected chi connectivity index (χ3v) is 2.90. The molecular formula is C14H19N3O. The number of benzene rings is 1. The van der Waals surface area contributed by atoms with Crippen molar-refractivity contribution in [2.45, 2.75) is 26.5 Å². The molecule has 1 aromatic heterocycles. The van der Waals surface area contributed by atoms with Gasteiger partial charge in [0, 0.05) is 17.8 Å². The maximum absolute atomic E-state index is 5.89. The second kappa shape index (κ2) is 5.69. The second-order valence-corrected chi connectivity index (χ2v) is 4.32. The van der Waals surface area contributed by atoms with Crippen LogP contribution in [-0.2, 0) is 6.54 Å². The molecule has 1 heterocycles. The van der Waals surface area contributed by atoms with Gasteiger partial charge in [0.1, 0.15) is 17.5 Å². The van der Waals surface area contributed by atoms with Gasteiger partial charge in [0.15, 0.2) is 0 Å². The lowest BCUT2D eigenvalue weighted by Crippen LogP contribution is -2.11. The number of nitrogens with zero attached hydrogens (tertiary/aromatic N) is 1. The molecule has 2 rings (SSSR count). The molecule has 0 amide bonds. The number of H-pyrrole nitrogens is 1. The molecule has 18 heavy (non-hydrogen) atoms. The van der Waals surface area contributed by atoms with Crippen molar-refractivity contribution in [1.82, 2.24) is 15.5 Å². The molecule has 0 radical (unpaired) electrons. The molecule has 1 atom stereocenters. The lowest BCUT2D eigenvalue weighted by molar-refractivity contribution is 0.220. The third kappa shape index (κ3) is 2.71. The Kier molecular flexibility index (Phi) is 3.99. The van der Waals surface area contributed by atoms with Gasteiger partial charge in [0.05, 0.1) is 0 Å². The van der Waals surface area contributed by atoms with Gasteiger partial charge in [0.2, 0.25) is 0 Å².